The van der Waals surface area contributed by atoms with Gasteiger partial charge in [0.15, 0.2) is 5.82 Å². The first-order valence-corrected chi connectivity index (χ1v) is 6.17. The van der Waals surface area contributed by atoms with Crippen molar-refractivity contribution in [2.75, 3.05) is 13.1 Å². The number of para-hydroxylation sites is 1. The topological polar surface area (TPSA) is 29.9 Å². The number of aromatic nitrogens is 2. The smallest absolute Gasteiger partial charge is 0.151 e. The van der Waals surface area contributed by atoms with Crippen molar-refractivity contribution < 1.29 is 4.39 Å². The minimum atomic E-state index is -0.220. The number of nitrogens with zero attached hydrogens (tertiary/aromatic N) is 2. The number of nitrogens with one attached hydrogen (secondary N) is 1. The van der Waals surface area contributed by atoms with Crippen LogP contribution < -0.4 is 5.32 Å². The van der Waals surface area contributed by atoms with Gasteiger partial charge in [-0.15, -0.1) is 0 Å². The second-order valence-electron chi connectivity index (χ2n) is 4.51. The molecule has 2 aromatic rings. The fraction of sp³-hybridized carbons (Fsp3) is 0.462. The van der Waals surface area contributed by atoms with Gasteiger partial charge in [0, 0.05) is 19.0 Å². The zero-order valence-corrected chi connectivity index (χ0v) is 9.91. The molecule has 1 aliphatic heterocycles. The number of hydrogen-bond donors (Lipinski definition) is 1. The summed E-state index contributed by atoms with van der Waals surface area (Å²) in [4.78, 5) is 4.44. The highest BCUT2D eigenvalue weighted by Gasteiger charge is 2.22. The van der Waals surface area contributed by atoms with Crippen molar-refractivity contribution >= 4 is 11.0 Å². The van der Waals surface area contributed by atoms with E-state index < -0.39 is 0 Å². The van der Waals surface area contributed by atoms with Gasteiger partial charge in [-0.05, 0) is 25.1 Å². The summed E-state index contributed by atoms with van der Waals surface area (Å²) in [7, 11) is 0. The Morgan fingerprint density at radius 3 is 3.12 bits per heavy atom. The Morgan fingerprint density at radius 2 is 2.41 bits per heavy atom. The van der Waals surface area contributed by atoms with E-state index >= 15 is 0 Å². The SMILES string of the molecule is CCc1nc2c(F)cccc2n1C1CCNC1. The number of aryl methyl sites for hydroxylation is 1. The predicted octanol–water partition coefficient (Wildman–Crippen LogP) is 2.27. The Balaban J connectivity index is 2.22. The molecule has 0 radical (unpaired) electrons. The van der Waals surface area contributed by atoms with Gasteiger partial charge in [-0.25, -0.2) is 9.37 Å². The lowest BCUT2D eigenvalue weighted by Gasteiger charge is -2.14. The molecule has 1 aromatic carbocycles. The zero-order chi connectivity index (χ0) is 11.8. The highest BCUT2D eigenvalue weighted by Crippen LogP contribution is 2.26. The molecular weight excluding hydrogens is 217 g/mol. The van der Waals surface area contributed by atoms with E-state index in [0.29, 0.717) is 11.6 Å². The summed E-state index contributed by atoms with van der Waals surface area (Å²) in [5.74, 6) is 0.765. The summed E-state index contributed by atoms with van der Waals surface area (Å²) in [6.45, 7) is 4.05. The average Bonchev–Trinajstić information content (AvgIpc) is 2.94. The van der Waals surface area contributed by atoms with Crippen LogP contribution >= 0.6 is 0 Å². The van der Waals surface area contributed by atoms with E-state index in [1.165, 1.54) is 6.07 Å². The molecule has 0 saturated carbocycles. The van der Waals surface area contributed by atoms with Gasteiger partial charge in [0.05, 0.1) is 5.52 Å². The average molecular weight is 233 g/mol. The Kier molecular flexibility index (Phi) is 2.59. The number of halogens is 1. The Bertz CT molecular complexity index is 541. The molecule has 17 heavy (non-hydrogen) atoms. The summed E-state index contributed by atoms with van der Waals surface area (Å²) >= 11 is 0. The van der Waals surface area contributed by atoms with Crippen LogP contribution in [0.1, 0.15) is 25.2 Å². The molecule has 1 aliphatic rings. The number of fused-ring (bicyclic) bond motifs is 1. The van der Waals surface area contributed by atoms with Gasteiger partial charge in [0.2, 0.25) is 0 Å². The molecule has 1 fully saturated rings. The first-order valence-electron chi connectivity index (χ1n) is 6.17. The summed E-state index contributed by atoms with van der Waals surface area (Å²) in [5, 5.41) is 3.35. The van der Waals surface area contributed by atoms with Gasteiger partial charge in [-0.1, -0.05) is 13.0 Å². The maximum atomic E-state index is 13.7. The molecule has 1 saturated heterocycles. The van der Waals surface area contributed by atoms with E-state index in [4.69, 9.17) is 0 Å². The van der Waals surface area contributed by atoms with Crippen LogP contribution in [0, 0.1) is 5.82 Å². The van der Waals surface area contributed by atoms with Crippen LogP contribution in [-0.4, -0.2) is 22.6 Å². The maximum Gasteiger partial charge on any atom is 0.151 e. The third-order valence-electron chi connectivity index (χ3n) is 3.46. The van der Waals surface area contributed by atoms with Crippen LogP contribution in [0.5, 0.6) is 0 Å². The molecule has 0 spiro atoms. The summed E-state index contributed by atoms with van der Waals surface area (Å²) in [6, 6.07) is 5.61. The van der Waals surface area contributed by atoms with E-state index in [2.05, 4.69) is 21.8 Å². The number of imidazole rings is 1. The molecule has 90 valence electrons. The molecule has 2 heterocycles. The highest BCUT2D eigenvalue weighted by molar-refractivity contribution is 5.76. The third kappa shape index (κ3) is 1.63. The third-order valence-corrected chi connectivity index (χ3v) is 3.46. The number of hydrogen-bond acceptors (Lipinski definition) is 2. The van der Waals surface area contributed by atoms with E-state index in [9.17, 15) is 4.39 Å². The van der Waals surface area contributed by atoms with Crippen molar-refractivity contribution in [1.82, 2.24) is 14.9 Å². The van der Waals surface area contributed by atoms with Gasteiger partial charge in [-0.2, -0.15) is 0 Å². The second-order valence-corrected chi connectivity index (χ2v) is 4.51. The molecular formula is C13H16FN3. The molecule has 3 nitrogen and oxygen atoms in total. The first-order chi connectivity index (χ1) is 8.31. The molecule has 1 unspecified atom stereocenters. The van der Waals surface area contributed by atoms with Gasteiger partial charge < -0.3 is 9.88 Å². The maximum absolute atomic E-state index is 13.7. The zero-order valence-electron chi connectivity index (χ0n) is 9.91. The number of rotatable bonds is 2. The van der Waals surface area contributed by atoms with E-state index in [-0.39, 0.29) is 5.82 Å². The largest absolute Gasteiger partial charge is 0.323 e. The lowest BCUT2D eigenvalue weighted by atomic mass is 10.2. The fourth-order valence-corrected chi connectivity index (χ4v) is 2.65. The lowest BCUT2D eigenvalue weighted by molar-refractivity contribution is 0.539. The van der Waals surface area contributed by atoms with Gasteiger partial charge in [0.25, 0.3) is 0 Å². The Labute approximate surface area is 99.7 Å². The van der Waals surface area contributed by atoms with Crippen molar-refractivity contribution in [1.29, 1.82) is 0 Å². The molecule has 0 amide bonds. The van der Waals surface area contributed by atoms with Crippen molar-refractivity contribution in [2.24, 2.45) is 0 Å². The minimum Gasteiger partial charge on any atom is -0.323 e. The van der Waals surface area contributed by atoms with Gasteiger partial charge >= 0.3 is 0 Å². The fourth-order valence-electron chi connectivity index (χ4n) is 2.65. The van der Waals surface area contributed by atoms with Gasteiger partial charge in [0.1, 0.15) is 11.3 Å². The van der Waals surface area contributed by atoms with Crippen LogP contribution in [0.25, 0.3) is 11.0 Å². The number of benzene rings is 1. The monoisotopic (exact) mass is 233 g/mol. The van der Waals surface area contributed by atoms with Crippen LogP contribution in [0.15, 0.2) is 18.2 Å². The van der Waals surface area contributed by atoms with Crippen LogP contribution in [0.4, 0.5) is 4.39 Å². The molecule has 1 N–H and O–H groups in total. The summed E-state index contributed by atoms with van der Waals surface area (Å²) in [6.07, 6.45) is 1.93. The van der Waals surface area contributed by atoms with Gasteiger partial charge in [-0.3, -0.25) is 0 Å². The van der Waals surface area contributed by atoms with Crippen molar-refractivity contribution in [3.63, 3.8) is 0 Å². The molecule has 0 aliphatic carbocycles. The quantitative estimate of drug-likeness (QED) is 0.862. The molecule has 1 atom stereocenters. The van der Waals surface area contributed by atoms with Crippen LogP contribution in [0.2, 0.25) is 0 Å². The van der Waals surface area contributed by atoms with E-state index in [1.54, 1.807) is 6.07 Å². The predicted molar refractivity (Wildman–Crippen MR) is 65.6 cm³/mol. The molecule has 3 rings (SSSR count). The molecule has 0 bridgehead atoms. The van der Waals surface area contributed by atoms with E-state index in [0.717, 1.165) is 37.3 Å². The van der Waals surface area contributed by atoms with Crippen LogP contribution in [0.3, 0.4) is 0 Å². The molecule has 1 aromatic heterocycles. The Hall–Kier alpha value is -1.42. The lowest BCUT2D eigenvalue weighted by Crippen LogP contribution is -2.15. The van der Waals surface area contributed by atoms with Crippen LogP contribution in [-0.2, 0) is 6.42 Å². The minimum absolute atomic E-state index is 0.220. The van der Waals surface area contributed by atoms with Crippen molar-refractivity contribution in [2.45, 2.75) is 25.8 Å². The standard InChI is InChI=1S/C13H16FN3/c1-2-12-16-13-10(14)4-3-5-11(13)17(12)9-6-7-15-8-9/h3-5,9,15H,2,6-8H2,1H3. The highest BCUT2D eigenvalue weighted by atomic mass is 19.1. The first kappa shape index (κ1) is 10.7. The molecule has 4 heteroatoms. The summed E-state index contributed by atoms with van der Waals surface area (Å²) < 4.78 is 15.9. The van der Waals surface area contributed by atoms with E-state index in [1.807, 2.05) is 6.07 Å². The Morgan fingerprint density at radius 1 is 1.53 bits per heavy atom. The normalized spacial score (nSPS) is 20.2. The summed E-state index contributed by atoms with van der Waals surface area (Å²) in [5.41, 5.74) is 1.44. The second kappa shape index (κ2) is 4.11. The van der Waals surface area contributed by atoms with Crippen molar-refractivity contribution in [3.8, 4) is 0 Å². The van der Waals surface area contributed by atoms with Crippen molar-refractivity contribution in [3.05, 3.63) is 29.8 Å².